The minimum absolute atomic E-state index is 0.252. The molecule has 0 amide bonds. The molecular formula is C29H43N. The summed E-state index contributed by atoms with van der Waals surface area (Å²) in [5.74, 6) is 0.498. The van der Waals surface area contributed by atoms with Crippen molar-refractivity contribution < 1.29 is 0 Å². The van der Waals surface area contributed by atoms with Gasteiger partial charge in [0.05, 0.1) is 6.04 Å². The normalized spacial score (nSPS) is 30.4. The lowest BCUT2D eigenvalue weighted by Crippen LogP contribution is -2.38. The van der Waals surface area contributed by atoms with E-state index in [0.29, 0.717) is 17.4 Å². The van der Waals surface area contributed by atoms with Crippen LogP contribution >= 0.6 is 0 Å². The Balaban J connectivity index is 1.67. The van der Waals surface area contributed by atoms with Crippen molar-refractivity contribution >= 4 is 5.69 Å². The van der Waals surface area contributed by atoms with Gasteiger partial charge in [0, 0.05) is 5.69 Å². The quantitative estimate of drug-likeness (QED) is 0.523. The predicted octanol–water partition coefficient (Wildman–Crippen LogP) is 8.16. The van der Waals surface area contributed by atoms with E-state index in [1.54, 1.807) is 11.1 Å². The summed E-state index contributed by atoms with van der Waals surface area (Å²) in [6.45, 7) is 21.7. The highest BCUT2D eigenvalue weighted by atomic mass is 14.9. The third-order valence-corrected chi connectivity index (χ3v) is 8.65. The van der Waals surface area contributed by atoms with E-state index in [-0.39, 0.29) is 16.2 Å². The fourth-order valence-corrected chi connectivity index (χ4v) is 6.00. The molecule has 0 spiro atoms. The third kappa shape index (κ3) is 3.57. The highest BCUT2D eigenvalue weighted by molar-refractivity contribution is 5.56. The molecule has 1 aromatic carbocycles. The van der Waals surface area contributed by atoms with Crippen molar-refractivity contribution in [3.05, 3.63) is 52.6 Å². The number of allylic oxidation sites excluding steroid dienone is 2. The lowest BCUT2D eigenvalue weighted by atomic mass is 9.58. The van der Waals surface area contributed by atoms with Crippen LogP contribution < -0.4 is 5.32 Å². The summed E-state index contributed by atoms with van der Waals surface area (Å²) in [5.41, 5.74) is 8.61. The molecule has 1 saturated carbocycles. The van der Waals surface area contributed by atoms with Gasteiger partial charge < -0.3 is 5.32 Å². The van der Waals surface area contributed by atoms with Crippen molar-refractivity contribution in [2.45, 2.75) is 105 Å². The van der Waals surface area contributed by atoms with E-state index in [1.807, 2.05) is 0 Å². The Morgan fingerprint density at radius 1 is 0.667 bits per heavy atom. The standard InChI is InChI=1S/C29H43N/c1-19-16-22-24(29(8,9)15-14-27(22,4)5)18-25(19)30-20-10-11-21-23(17-20)28(6,7)13-12-26(21,2)3/h10-11,16-19,25,30H,12-15H2,1-9H3. The van der Waals surface area contributed by atoms with E-state index in [9.17, 15) is 0 Å². The zero-order chi connectivity index (χ0) is 22.1. The van der Waals surface area contributed by atoms with Gasteiger partial charge in [-0.1, -0.05) is 80.5 Å². The van der Waals surface area contributed by atoms with Crippen LogP contribution in [-0.4, -0.2) is 6.04 Å². The number of benzene rings is 1. The largest absolute Gasteiger partial charge is 0.378 e. The van der Waals surface area contributed by atoms with Gasteiger partial charge in [0.25, 0.3) is 0 Å². The fraction of sp³-hybridized carbons (Fsp3) is 0.655. The second-order valence-corrected chi connectivity index (χ2v) is 13.0. The van der Waals surface area contributed by atoms with E-state index in [0.717, 1.165) is 0 Å². The van der Waals surface area contributed by atoms with Crippen LogP contribution in [0.2, 0.25) is 0 Å². The Hall–Kier alpha value is -1.50. The molecule has 0 aliphatic heterocycles. The zero-order valence-corrected chi connectivity index (χ0v) is 20.9. The molecule has 2 atom stereocenters. The molecule has 0 aromatic heterocycles. The molecule has 3 aliphatic carbocycles. The lowest BCUT2D eigenvalue weighted by Gasteiger charge is -2.47. The first-order chi connectivity index (χ1) is 13.7. The molecule has 0 saturated heterocycles. The van der Waals surface area contributed by atoms with E-state index in [1.165, 1.54) is 42.5 Å². The average molecular weight is 406 g/mol. The molecule has 1 N–H and O–H groups in total. The summed E-state index contributed by atoms with van der Waals surface area (Å²) in [5, 5.41) is 3.92. The van der Waals surface area contributed by atoms with Gasteiger partial charge in [0.1, 0.15) is 0 Å². The first-order valence-electron chi connectivity index (χ1n) is 12.1. The van der Waals surface area contributed by atoms with Crippen LogP contribution in [0, 0.1) is 16.7 Å². The maximum atomic E-state index is 3.92. The molecule has 1 heteroatoms. The van der Waals surface area contributed by atoms with Crippen LogP contribution in [0.5, 0.6) is 0 Å². The van der Waals surface area contributed by atoms with Crippen molar-refractivity contribution in [1.29, 1.82) is 0 Å². The molecule has 1 nitrogen and oxygen atoms in total. The summed E-state index contributed by atoms with van der Waals surface area (Å²) in [7, 11) is 0. The van der Waals surface area contributed by atoms with Gasteiger partial charge in [-0.25, -0.2) is 0 Å². The molecule has 1 aromatic rings. The van der Waals surface area contributed by atoms with Crippen LogP contribution in [0.4, 0.5) is 5.69 Å². The number of hydrogen-bond acceptors (Lipinski definition) is 1. The molecule has 30 heavy (non-hydrogen) atoms. The minimum atomic E-state index is 0.252. The lowest BCUT2D eigenvalue weighted by molar-refractivity contribution is 0.253. The molecule has 2 unspecified atom stereocenters. The predicted molar refractivity (Wildman–Crippen MR) is 131 cm³/mol. The highest BCUT2D eigenvalue weighted by Crippen LogP contribution is 2.54. The van der Waals surface area contributed by atoms with Crippen molar-refractivity contribution in [2.75, 3.05) is 5.32 Å². The van der Waals surface area contributed by atoms with Gasteiger partial charge in [-0.15, -0.1) is 0 Å². The smallest absolute Gasteiger partial charge is 0.0510 e. The average Bonchev–Trinajstić information content (AvgIpc) is 2.64. The maximum Gasteiger partial charge on any atom is 0.0510 e. The molecule has 1 fully saturated rings. The number of nitrogens with one attached hydrogen (secondary N) is 1. The van der Waals surface area contributed by atoms with E-state index in [4.69, 9.17) is 0 Å². The van der Waals surface area contributed by atoms with Crippen molar-refractivity contribution in [3.8, 4) is 0 Å². The van der Waals surface area contributed by atoms with Gasteiger partial charge in [0.2, 0.25) is 0 Å². The Morgan fingerprint density at radius 2 is 1.17 bits per heavy atom. The number of fused-ring (bicyclic) bond motifs is 2. The number of rotatable bonds is 2. The van der Waals surface area contributed by atoms with E-state index >= 15 is 0 Å². The first kappa shape index (κ1) is 21.7. The number of hydrogen-bond donors (Lipinski definition) is 1. The summed E-state index contributed by atoms with van der Waals surface area (Å²) in [6, 6.07) is 7.53. The number of anilines is 1. The van der Waals surface area contributed by atoms with Gasteiger partial charge >= 0.3 is 0 Å². The molecule has 164 valence electrons. The molecule has 3 aliphatic rings. The Labute approximate surface area is 185 Å². The summed E-state index contributed by atoms with van der Waals surface area (Å²) >= 11 is 0. The Kier molecular flexibility index (Phi) is 4.89. The molecule has 0 bridgehead atoms. The van der Waals surface area contributed by atoms with Crippen LogP contribution in [0.3, 0.4) is 0 Å². The maximum absolute atomic E-state index is 3.92. The Bertz CT molecular complexity index is 906. The van der Waals surface area contributed by atoms with E-state index < -0.39 is 0 Å². The van der Waals surface area contributed by atoms with Crippen LogP contribution in [-0.2, 0) is 10.8 Å². The monoisotopic (exact) mass is 405 g/mol. The molecule has 4 rings (SSSR count). The highest BCUT2D eigenvalue weighted by Gasteiger charge is 2.42. The second kappa shape index (κ2) is 6.75. The summed E-state index contributed by atoms with van der Waals surface area (Å²) < 4.78 is 0. The van der Waals surface area contributed by atoms with Gasteiger partial charge in [0.15, 0.2) is 0 Å². The second-order valence-electron chi connectivity index (χ2n) is 13.0. The van der Waals surface area contributed by atoms with Crippen LogP contribution in [0.25, 0.3) is 0 Å². The zero-order valence-electron chi connectivity index (χ0n) is 20.9. The topological polar surface area (TPSA) is 12.0 Å². The third-order valence-electron chi connectivity index (χ3n) is 8.65. The van der Waals surface area contributed by atoms with Crippen molar-refractivity contribution in [1.82, 2.24) is 0 Å². The first-order valence-corrected chi connectivity index (χ1v) is 12.1. The Morgan fingerprint density at radius 3 is 1.77 bits per heavy atom. The minimum Gasteiger partial charge on any atom is -0.378 e. The van der Waals surface area contributed by atoms with Crippen molar-refractivity contribution in [2.24, 2.45) is 16.7 Å². The fourth-order valence-electron chi connectivity index (χ4n) is 6.00. The van der Waals surface area contributed by atoms with Gasteiger partial charge in [-0.2, -0.15) is 0 Å². The van der Waals surface area contributed by atoms with Crippen molar-refractivity contribution in [3.63, 3.8) is 0 Å². The van der Waals surface area contributed by atoms with Gasteiger partial charge in [-0.3, -0.25) is 0 Å². The summed E-state index contributed by atoms with van der Waals surface area (Å²) in [6.07, 6.45) is 10.2. The van der Waals surface area contributed by atoms with Gasteiger partial charge in [-0.05, 0) is 87.7 Å². The molecule has 0 radical (unpaired) electrons. The molecule has 0 heterocycles. The molecular weight excluding hydrogens is 362 g/mol. The van der Waals surface area contributed by atoms with Crippen LogP contribution in [0.1, 0.15) is 99.1 Å². The van der Waals surface area contributed by atoms with Crippen LogP contribution in [0.15, 0.2) is 41.5 Å². The summed E-state index contributed by atoms with van der Waals surface area (Å²) in [4.78, 5) is 0. The van der Waals surface area contributed by atoms with E-state index in [2.05, 4.69) is 98.0 Å². The SMILES string of the molecule is CC1C=C2C(=CC1Nc1ccc3c(c1)C(C)(C)CCC3(C)C)C(C)(C)CCC2(C)C.